The largest absolute Gasteiger partial charge is 0.493 e. The monoisotopic (exact) mass is 246 g/mol. The first-order valence-electron chi connectivity index (χ1n) is 7.02. The molecule has 0 spiro atoms. The van der Waals surface area contributed by atoms with Gasteiger partial charge in [0.25, 0.3) is 0 Å². The standard InChI is InChI=1S/C15H22N2O/c16-7-3-4-8-17-9-12-11-18-15-6-2-1-5-13(15)14(12)10-17/h1-2,5-6,12,14H,3-4,7-11,16H2/t12-,14+/m0/s1. The Hall–Kier alpha value is -1.06. The molecule has 98 valence electrons. The van der Waals surface area contributed by atoms with Crippen LogP contribution in [0.3, 0.4) is 0 Å². The molecule has 2 atom stereocenters. The Morgan fingerprint density at radius 2 is 2.11 bits per heavy atom. The Bertz CT molecular complexity index is 407. The third-order valence-electron chi connectivity index (χ3n) is 4.22. The van der Waals surface area contributed by atoms with E-state index < -0.39 is 0 Å². The summed E-state index contributed by atoms with van der Waals surface area (Å²) in [5, 5.41) is 0. The lowest BCUT2D eigenvalue weighted by Crippen LogP contribution is -2.25. The third kappa shape index (κ3) is 2.25. The molecule has 1 fully saturated rings. The van der Waals surface area contributed by atoms with Crippen LogP contribution in [0.15, 0.2) is 24.3 Å². The second kappa shape index (κ2) is 5.29. The van der Waals surface area contributed by atoms with Crippen LogP contribution in [0.1, 0.15) is 24.3 Å². The molecule has 18 heavy (non-hydrogen) atoms. The molecule has 3 nitrogen and oxygen atoms in total. The van der Waals surface area contributed by atoms with Gasteiger partial charge >= 0.3 is 0 Å². The Kier molecular flexibility index (Phi) is 3.52. The van der Waals surface area contributed by atoms with E-state index in [0.29, 0.717) is 11.8 Å². The van der Waals surface area contributed by atoms with Crippen LogP contribution < -0.4 is 10.5 Å². The van der Waals surface area contributed by atoms with Crippen molar-refractivity contribution >= 4 is 0 Å². The topological polar surface area (TPSA) is 38.5 Å². The molecule has 0 saturated carbocycles. The number of likely N-dealkylation sites (tertiary alicyclic amines) is 1. The highest BCUT2D eigenvalue weighted by Gasteiger charge is 2.38. The molecule has 3 rings (SSSR count). The van der Waals surface area contributed by atoms with E-state index in [-0.39, 0.29) is 0 Å². The molecule has 1 saturated heterocycles. The zero-order valence-electron chi connectivity index (χ0n) is 10.8. The van der Waals surface area contributed by atoms with Crippen molar-refractivity contribution in [1.82, 2.24) is 4.90 Å². The summed E-state index contributed by atoms with van der Waals surface area (Å²) in [6.07, 6.45) is 2.36. The molecule has 0 radical (unpaired) electrons. The van der Waals surface area contributed by atoms with Gasteiger partial charge in [-0.1, -0.05) is 18.2 Å². The lowest BCUT2D eigenvalue weighted by atomic mass is 9.87. The van der Waals surface area contributed by atoms with E-state index in [2.05, 4.69) is 29.2 Å². The average Bonchev–Trinajstić information content (AvgIpc) is 2.82. The minimum absolute atomic E-state index is 0.674. The number of fused-ring (bicyclic) bond motifs is 3. The number of hydrogen-bond donors (Lipinski definition) is 1. The van der Waals surface area contributed by atoms with Crippen molar-refractivity contribution in [3.63, 3.8) is 0 Å². The van der Waals surface area contributed by atoms with Crippen LogP contribution in [0, 0.1) is 5.92 Å². The number of benzene rings is 1. The molecule has 0 aliphatic carbocycles. The van der Waals surface area contributed by atoms with Crippen molar-refractivity contribution < 1.29 is 4.74 Å². The average molecular weight is 246 g/mol. The van der Waals surface area contributed by atoms with E-state index in [9.17, 15) is 0 Å². The van der Waals surface area contributed by atoms with Crippen LogP contribution >= 0.6 is 0 Å². The summed E-state index contributed by atoms with van der Waals surface area (Å²) >= 11 is 0. The fraction of sp³-hybridized carbons (Fsp3) is 0.600. The van der Waals surface area contributed by atoms with Crippen molar-refractivity contribution in [3.05, 3.63) is 29.8 Å². The lowest BCUT2D eigenvalue weighted by molar-refractivity contribution is 0.212. The molecule has 2 aliphatic heterocycles. The maximum atomic E-state index is 5.86. The van der Waals surface area contributed by atoms with Crippen LogP contribution in [0.25, 0.3) is 0 Å². The Labute approximate surface area is 109 Å². The van der Waals surface area contributed by atoms with Crippen molar-refractivity contribution in [3.8, 4) is 5.75 Å². The normalized spacial score (nSPS) is 26.5. The van der Waals surface area contributed by atoms with Gasteiger partial charge in [-0.3, -0.25) is 0 Å². The van der Waals surface area contributed by atoms with Crippen molar-refractivity contribution in [2.24, 2.45) is 11.7 Å². The molecule has 1 aromatic carbocycles. The van der Waals surface area contributed by atoms with Gasteiger partial charge in [-0.05, 0) is 37.6 Å². The van der Waals surface area contributed by atoms with Gasteiger partial charge in [0, 0.05) is 24.9 Å². The van der Waals surface area contributed by atoms with E-state index in [1.807, 2.05) is 0 Å². The second-order valence-corrected chi connectivity index (χ2v) is 5.47. The fourth-order valence-corrected chi connectivity index (χ4v) is 3.26. The number of hydrogen-bond acceptors (Lipinski definition) is 3. The zero-order chi connectivity index (χ0) is 12.4. The van der Waals surface area contributed by atoms with E-state index in [1.165, 1.54) is 31.6 Å². The fourth-order valence-electron chi connectivity index (χ4n) is 3.26. The smallest absolute Gasteiger partial charge is 0.122 e. The van der Waals surface area contributed by atoms with Gasteiger partial charge in [-0.2, -0.15) is 0 Å². The van der Waals surface area contributed by atoms with Crippen LogP contribution in [0.5, 0.6) is 5.75 Å². The molecule has 1 aromatic rings. The molecule has 3 heteroatoms. The van der Waals surface area contributed by atoms with E-state index in [4.69, 9.17) is 10.5 Å². The summed E-state index contributed by atoms with van der Waals surface area (Å²) in [7, 11) is 0. The first-order valence-corrected chi connectivity index (χ1v) is 7.02. The van der Waals surface area contributed by atoms with Gasteiger partial charge in [-0.25, -0.2) is 0 Å². The Morgan fingerprint density at radius 1 is 1.22 bits per heavy atom. The lowest BCUT2D eigenvalue weighted by Gasteiger charge is -2.27. The molecule has 2 aliphatic rings. The molecule has 2 heterocycles. The molecular weight excluding hydrogens is 224 g/mol. The third-order valence-corrected chi connectivity index (χ3v) is 4.22. The molecule has 0 amide bonds. The molecular formula is C15H22N2O. The molecule has 0 bridgehead atoms. The molecule has 0 aromatic heterocycles. The number of ether oxygens (including phenoxy) is 1. The van der Waals surface area contributed by atoms with Gasteiger partial charge in [-0.15, -0.1) is 0 Å². The van der Waals surface area contributed by atoms with Crippen LogP contribution in [-0.4, -0.2) is 37.7 Å². The first-order chi connectivity index (χ1) is 8.88. The van der Waals surface area contributed by atoms with Crippen molar-refractivity contribution in [2.75, 3.05) is 32.8 Å². The van der Waals surface area contributed by atoms with Gasteiger partial charge < -0.3 is 15.4 Å². The maximum Gasteiger partial charge on any atom is 0.122 e. The number of para-hydroxylation sites is 1. The van der Waals surface area contributed by atoms with Crippen molar-refractivity contribution in [2.45, 2.75) is 18.8 Å². The summed E-state index contributed by atoms with van der Waals surface area (Å²) in [6.45, 7) is 5.26. The Morgan fingerprint density at radius 3 is 3.00 bits per heavy atom. The quantitative estimate of drug-likeness (QED) is 0.824. The van der Waals surface area contributed by atoms with Gasteiger partial charge in [0.1, 0.15) is 5.75 Å². The van der Waals surface area contributed by atoms with E-state index >= 15 is 0 Å². The first kappa shape index (κ1) is 12.0. The number of unbranched alkanes of at least 4 members (excludes halogenated alkanes) is 1. The van der Waals surface area contributed by atoms with Gasteiger partial charge in [0.05, 0.1) is 6.61 Å². The van der Waals surface area contributed by atoms with E-state index in [0.717, 1.165) is 25.3 Å². The van der Waals surface area contributed by atoms with Crippen LogP contribution in [0.4, 0.5) is 0 Å². The maximum absolute atomic E-state index is 5.86. The summed E-state index contributed by atoms with van der Waals surface area (Å²) in [4.78, 5) is 2.58. The molecule has 2 N–H and O–H groups in total. The number of rotatable bonds is 4. The highest BCUT2D eigenvalue weighted by atomic mass is 16.5. The molecule has 0 unspecified atom stereocenters. The minimum atomic E-state index is 0.674. The summed E-state index contributed by atoms with van der Waals surface area (Å²) in [5.74, 6) is 2.45. The summed E-state index contributed by atoms with van der Waals surface area (Å²) in [6, 6.07) is 8.52. The van der Waals surface area contributed by atoms with E-state index in [1.54, 1.807) is 0 Å². The SMILES string of the molecule is NCCCCN1C[C@H]2COc3ccccc3[C@@H]2C1. The highest BCUT2D eigenvalue weighted by molar-refractivity contribution is 5.39. The zero-order valence-corrected chi connectivity index (χ0v) is 10.8. The van der Waals surface area contributed by atoms with Crippen molar-refractivity contribution in [1.29, 1.82) is 0 Å². The highest BCUT2D eigenvalue weighted by Crippen LogP contribution is 2.41. The predicted octanol–water partition coefficient (Wildman–Crippen LogP) is 1.83. The summed E-state index contributed by atoms with van der Waals surface area (Å²) in [5.41, 5.74) is 6.97. The van der Waals surface area contributed by atoms with Crippen LogP contribution in [-0.2, 0) is 0 Å². The van der Waals surface area contributed by atoms with Crippen LogP contribution in [0.2, 0.25) is 0 Å². The predicted molar refractivity (Wildman–Crippen MR) is 72.9 cm³/mol. The minimum Gasteiger partial charge on any atom is -0.493 e. The summed E-state index contributed by atoms with van der Waals surface area (Å²) < 4.78 is 5.86. The Balaban J connectivity index is 1.67. The van der Waals surface area contributed by atoms with Gasteiger partial charge in [0.15, 0.2) is 0 Å². The number of nitrogens with two attached hydrogens (primary N) is 1. The van der Waals surface area contributed by atoms with Gasteiger partial charge in [0.2, 0.25) is 0 Å². The second-order valence-electron chi connectivity index (χ2n) is 5.47. The number of nitrogens with zero attached hydrogens (tertiary/aromatic N) is 1.